The van der Waals surface area contributed by atoms with Crippen molar-refractivity contribution in [1.29, 1.82) is 0 Å². The number of hydrogen-bond donors (Lipinski definition) is 1. The largest absolute Gasteiger partial charge is 0.393 e. The monoisotopic (exact) mass is 227 g/mol. The Morgan fingerprint density at radius 2 is 2.13 bits per heavy atom. The zero-order valence-corrected chi connectivity index (χ0v) is 9.23. The summed E-state index contributed by atoms with van der Waals surface area (Å²) in [5.74, 6) is -0.230. The molecule has 15 heavy (non-hydrogen) atoms. The number of nitrogens with two attached hydrogens (primary N) is 1. The molecule has 1 aromatic rings. The zero-order valence-electron chi connectivity index (χ0n) is 8.41. The maximum atomic E-state index is 13.1. The van der Waals surface area contributed by atoms with Crippen LogP contribution in [0.4, 0.5) is 4.39 Å². The molecule has 0 bridgehead atoms. The Labute approximate surface area is 94.2 Å². The second-order valence-electron chi connectivity index (χ2n) is 3.21. The maximum Gasteiger partial charge on any atom is 0.128 e. The summed E-state index contributed by atoms with van der Waals surface area (Å²) in [5, 5.41) is 0. The standard InChI is InChI=1S/C11H14FNOS/c12-10-5-2-1-4-9(10)8-14-7-3-6-11(13)15/h1-2,4-5H,3,6-8H2,(H2,13,15). The van der Waals surface area contributed by atoms with E-state index in [9.17, 15) is 4.39 Å². The molecule has 0 fully saturated rings. The predicted molar refractivity (Wildman–Crippen MR) is 62.1 cm³/mol. The molecule has 0 unspecified atom stereocenters. The quantitative estimate of drug-likeness (QED) is 0.598. The molecule has 0 aliphatic rings. The molecule has 0 saturated carbocycles. The van der Waals surface area contributed by atoms with Crippen molar-refractivity contribution in [3.63, 3.8) is 0 Å². The minimum atomic E-state index is -0.230. The van der Waals surface area contributed by atoms with E-state index in [2.05, 4.69) is 0 Å². The summed E-state index contributed by atoms with van der Waals surface area (Å²) in [5.41, 5.74) is 5.90. The first-order valence-corrected chi connectivity index (χ1v) is 5.20. The van der Waals surface area contributed by atoms with Gasteiger partial charge in [-0.25, -0.2) is 4.39 Å². The SMILES string of the molecule is NC(=S)CCCOCc1ccccc1F. The van der Waals surface area contributed by atoms with Crippen molar-refractivity contribution in [3.8, 4) is 0 Å². The highest BCUT2D eigenvalue weighted by Crippen LogP contribution is 2.07. The van der Waals surface area contributed by atoms with Gasteiger partial charge in [-0.1, -0.05) is 30.4 Å². The number of ether oxygens (including phenoxy) is 1. The summed E-state index contributed by atoms with van der Waals surface area (Å²) in [4.78, 5) is 0.490. The van der Waals surface area contributed by atoms with E-state index in [4.69, 9.17) is 22.7 Å². The Kier molecular flexibility index (Phi) is 5.21. The van der Waals surface area contributed by atoms with Gasteiger partial charge in [0.25, 0.3) is 0 Å². The van der Waals surface area contributed by atoms with Gasteiger partial charge in [-0.15, -0.1) is 0 Å². The molecule has 2 nitrogen and oxygen atoms in total. The Balaban J connectivity index is 2.21. The van der Waals surface area contributed by atoms with E-state index < -0.39 is 0 Å². The van der Waals surface area contributed by atoms with E-state index in [0.717, 1.165) is 6.42 Å². The lowest BCUT2D eigenvalue weighted by Crippen LogP contribution is -2.08. The molecule has 4 heteroatoms. The van der Waals surface area contributed by atoms with Gasteiger partial charge in [-0.2, -0.15) is 0 Å². The van der Waals surface area contributed by atoms with E-state index in [0.29, 0.717) is 30.2 Å². The smallest absolute Gasteiger partial charge is 0.128 e. The Morgan fingerprint density at radius 1 is 1.40 bits per heavy atom. The zero-order chi connectivity index (χ0) is 11.1. The Bertz CT molecular complexity index is 330. The third-order valence-electron chi connectivity index (χ3n) is 1.93. The molecule has 0 radical (unpaired) electrons. The minimum absolute atomic E-state index is 0.230. The van der Waals surface area contributed by atoms with Gasteiger partial charge in [0.2, 0.25) is 0 Å². The van der Waals surface area contributed by atoms with E-state index >= 15 is 0 Å². The first-order valence-electron chi connectivity index (χ1n) is 4.79. The van der Waals surface area contributed by atoms with Gasteiger partial charge in [0.1, 0.15) is 5.82 Å². The average molecular weight is 227 g/mol. The predicted octanol–water partition coefficient (Wildman–Crippen LogP) is 2.41. The van der Waals surface area contributed by atoms with E-state index in [1.54, 1.807) is 18.2 Å². The lowest BCUT2D eigenvalue weighted by Gasteiger charge is -2.04. The molecule has 0 saturated heterocycles. The van der Waals surface area contributed by atoms with E-state index in [-0.39, 0.29) is 5.82 Å². The van der Waals surface area contributed by atoms with Gasteiger partial charge >= 0.3 is 0 Å². The molecule has 0 heterocycles. The van der Waals surface area contributed by atoms with Crippen LogP contribution in [0.2, 0.25) is 0 Å². The molecule has 1 rings (SSSR count). The highest BCUT2D eigenvalue weighted by atomic mass is 32.1. The van der Waals surface area contributed by atoms with Crippen LogP contribution in [-0.4, -0.2) is 11.6 Å². The topological polar surface area (TPSA) is 35.2 Å². The van der Waals surface area contributed by atoms with Crippen molar-refractivity contribution in [2.24, 2.45) is 5.73 Å². The van der Waals surface area contributed by atoms with Gasteiger partial charge in [0.15, 0.2) is 0 Å². The maximum absolute atomic E-state index is 13.1. The highest BCUT2D eigenvalue weighted by Gasteiger charge is 1.99. The molecule has 2 N–H and O–H groups in total. The normalized spacial score (nSPS) is 10.2. The molecular weight excluding hydrogens is 213 g/mol. The van der Waals surface area contributed by atoms with Crippen molar-refractivity contribution in [1.82, 2.24) is 0 Å². The van der Waals surface area contributed by atoms with Gasteiger partial charge in [0, 0.05) is 12.2 Å². The van der Waals surface area contributed by atoms with Gasteiger partial charge in [0.05, 0.1) is 11.6 Å². The fraction of sp³-hybridized carbons (Fsp3) is 0.364. The summed E-state index contributed by atoms with van der Waals surface area (Å²) in [7, 11) is 0. The Hall–Kier alpha value is -1.00. The second kappa shape index (κ2) is 6.48. The first kappa shape index (κ1) is 12.1. The molecule has 1 aromatic carbocycles. The van der Waals surface area contributed by atoms with Crippen LogP contribution in [0.5, 0.6) is 0 Å². The van der Waals surface area contributed by atoms with E-state index in [1.165, 1.54) is 6.07 Å². The van der Waals surface area contributed by atoms with Crippen LogP contribution in [0.1, 0.15) is 18.4 Å². The van der Waals surface area contributed by atoms with Crippen LogP contribution < -0.4 is 5.73 Å². The highest BCUT2D eigenvalue weighted by molar-refractivity contribution is 7.80. The first-order chi connectivity index (χ1) is 7.20. The average Bonchev–Trinajstić information content (AvgIpc) is 2.20. The summed E-state index contributed by atoms with van der Waals surface area (Å²) in [6.45, 7) is 0.843. The van der Waals surface area contributed by atoms with Crippen LogP contribution in [0.3, 0.4) is 0 Å². The Morgan fingerprint density at radius 3 is 2.80 bits per heavy atom. The van der Waals surface area contributed by atoms with Crippen molar-refractivity contribution >= 4 is 17.2 Å². The molecule has 0 aromatic heterocycles. The van der Waals surface area contributed by atoms with Crippen LogP contribution in [0.25, 0.3) is 0 Å². The lowest BCUT2D eigenvalue weighted by atomic mass is 10.2. The van der Waals surface area contributed by atoms with Crippen molar-refractivity contribution in [2.45, 2.75) is 19.4 Å². The fourth-order valence-electron chi connectivity index (χ4n) is 1.15. The summed E-state index contributed by atoms with van der Waals surface area (Å²) < 4.78 is 18.4. The number of benzene rings is 1. The lowest BCUT2D eigenvalue weighted by molar-refractivity contribution is 0.117. The molecule has 0 aliphatic heterocycles. The summed E-state index contributed by atoms with van der Waals surface area (Å²) >= 11 is 4.72. The fourth-order valence-corrected chi connectivity index (χ4v) is 1.29. The van der Waals surface area contributed by atoms with Gasteiger partial charge in [-0.3, -0.25) is 0 Å². The van der Waals surface area contributed by atoms with Crippen molar-refractivity contribution in [2.75, 3.05) is 6.61 Å². The molecule has 0 amide bonds. The van der Waals surface area contributed by atoms with Crippen LogP contribution in [-0.2, 0) is 11.3 Å². The van der Waals surface area contributed by atoms with Crippen LogP contribution in [0, 0.1) is 5.82 Å². The molecule has 0 aliphatic carbocycles. The van der Waals surface area contributed by atoms with Gasteiger partial charge < -0.3 is 10.5 Å². The molecule has 0 spiro atoms. The number of thiocarbonyl (C=S) groups is 1. The third-order valence-corrected chi connectivity index (χ3v) is 2.13. The van der Waals surface area contributed by atoms with Gasteiger partial charge in [-0.05, 0) is 18.9 Å². The molecule has 82 valence electrons. The summed E-state index contributed by atoms with van der Waals surface area (Å²) in [6.07, 6.45) is 1.45. The molecular formula is C11H14FNOS. The number of halogens is 1. The molecule has 0 atom stereocenters. The number of rotatable bonds is 6. The minimum Gasteiger partial charge on any atom is -0.393 e. The van der Waals surface area contributed by atoms with Crippen molar-refractivity contribution < 1.29 is 9.13 Å². The van der Waals surface area contributed by atoms with Crippen LogP contribution in [0.15, 0.2) is 24.3 Å². The van der Waals surface area contributed by atoms with E-state index in [1.807, 2.05) is 0 Å². The summed E-state index contributed by atoms with van der Waals surface area (Å²) in [6, 6.07) is 6.58. The third kappa shape index (κ3) is 4.85. The number of hydrogen-bond acceptors (Lipinski definition) is 2. The van der Waals surface area contributed by atoms with Crippen LogP contribution >= 0.6 is 12.2 Å². The van der Waals surface area contributed by atoms with Crippen molar-refractivity contribution in [3.05, 3.63) is 35.6 Å². The second-order valence-corrected chi connectivity index (χ2v) is 3.74.